The quantitative estimate of drug-likeness (QED) is 0.518. The largest absolute Gasteiger partial charge is 0.394 e. The Hall–Kier alpha value is 0.137. The zero-order chi connectivity index (χ0) is 12.1. The average molecular weight is 256 g/mol. The van der Waals surface area contributed by atoms with E-state index in [1.54, 1.807) is 0 Å². The van der Waals surface area contributed by atoms with Crippen LogP contribution in [0.1, 0.15) is 65.2 Å². The first-order chi connectivity index (χ1) is 8.33. The Morgan fingerprint density at radius 1 is 0.765 bits per heavy atom. The van der Waals surface area contributed by atoms with E-state index in [0.717, 1.165) is 24.3 Å². The van der Waals surface area contributed by atoms with Crippen molar-refractivity contribution in [1.29, 1.82) is 0 Å². The van der Waals surface area contributed by atoms with E-state index in [-0.39, 0.29) is 0 Å². The third-order valence-electron chi connectivity index (χ3n) is 4.31. The van der Waals surface area contributed by atoms with Gasteiger partial charge in [-0.3, -0.25) is 0 Å². The van der Waals surface area contributed by atoms with E-state index in [1.807, 2.05) is 0 Å². The van der Waals surface area contributed by atoms with Crippen LogP contribution in [0.3, 0.4) is 0 Å². The lowest BCUT2D eigenvalue weighted by Gasteiger charge is -2.37. The van der Waals surface area contributed by atoms with Crippen LogP contribution in [0.2, 0.25) is 11.1 Å². The SMILES string of the molecule is CCO[Si](OCC)(C1CCCCCC1)C1CC1. The lowest BCUT2D eigenvalue weighted by Crippen LogP contribution is -2.47. The monoisotopic (exact) mass is 256 g/mol. The molecule has 2 rings (SSSR count). The minimum atomic E-state index is -1.89. The molecular formula is C14H28O2Si. The van der Waals surface area contributed by atoms with Crippen molar-refractivity contribution in [3.05, 3.63) is 0 Å². The molecule has 0 spiro atoms. The fraction of sp³-hybridized carbons (Fsp3) is 1.00. The molecular weight excluding hydrogens is 228 g/mol. The molecule has 2 nitrogen and oxygen atoms in total. The first-order valence-electron chi connectivity index (χ1n) is 7.61. The standard InChI is InChI=1S/C14H28O2Si/c1-3-15-17(16-4-2,14-11-12-14)13-9-7-5-6-8-10-13/h13-14H,3-12H2,1-2H3. The van der Waals surface area contributed by atoms with Crippen LogP contribution in [0.5, 0.6) is 0 Å². The molecule has 0 heterocycles. The van der Waals surface area contributed by atoms with Crippen molar-refractivity contribution in [2.24, 2.45) is 0 Å². The second kappa shape index (κ2) is 6.35. The van der Waals surface area contributed by atoms with Crippen molar-refractivity contribution < 1.29 is 8.85 Å². The summed E-state index contributed by atoms with van der Waals surface area (Å²) in [5.41, 5.74) is 1.59. The summed E-state index contributed by atoms with van der Waals surface area (Å²) in [6.07, 6.45) is 11.1. The molecule has 2 fully saturated rings. The van der Waals surface area contributed by atoms with Crippen LogP contribution >= 0.6 is 0 Å². The second-order valence-electron chi connectivity index (χ2n) is 5.55. The van der Waals surface area contributed by atoms with Gasteiger partial charge in [0.15, 0.2) is 0 Å². The van der Waals surface area contributed by atoms with Gasteiger partial charge in [-0.25, -0.2) is 0 Å². The molecule has 17 heavy (non-hydrogen) atoms. The van der Waals surface area contributed by atoms with E-state index in [0.29, 0.717) is 0 Å². The Morgan fingerprint density at radius 3 is 1.65 bits per heavy atom. The van der Waals surface area contributed by atoms with Gasteiger partial charge in [-0.05, 0) is 39.5 Å². The molecule has 2 aliphatic rings. The van der Waals surface area contributed by atoms with Crippen molar-refractivity contribution in [3.8, 4) is 0 Å². The van der Waals surface area contributed by atoms with Crippen molar-refractivity contribution in [3.63, 3.8) is 0 Å². The Morgan fingerprint density at radius 2 is 1.24 bits per heavy atom. The van der Waals surface area contributed by atoms with Crippen molar-refractivity contribution in [2.75, 3.05) is 13.2 Å². The Bertz CT molecular complexity index is 214. The van der Waals surface area contributed by atoms with E-state index in [9.17, 15) is 0 Å². The highest BCUT2D eigenvalue weighted by atomic mass is 28.4. The van der Waals surface area contributed by atoms with Crippen LogP contribution in [0.15, 0.2) is 0 Å². The fourth-order valence-corrected chi connectivity index (χ4v) is 8.24. The fourth-order valence-electron chi connectivity index (χ4n) is 3.47. The van der Waals surface area contributed by atoms with Crippen molar-refractivity contribution in [2.45, 2.75) is 76.3 Å². The van der Waals surface area contributed by atoms with Crippen LogP contribution in [-0.4, -0.2) is 21.8 Å². The predicted octanol–water partition coefficient (Wildman–Crippen LogP) is 4.39. The van der Waals surface area contributed by atoms with Crippen LogP contribution < -0.4 is 0 Å². The summed E-state index contributed by atoms with van der Waals surface area (Å²) in [5.74, 6) is 0. The summed E-state index contributed by atoms with van der Waals surface area (Å²) in [7, 11) is -1.89. The highest BCUT2D eigenvalue weighted by Crippen LogP contribution is 2.54. The molecule has 0 amide bonds. The first kappa shape index (κ1) is 13.6. The predicted molar refractivity (Wildman–Crippen MR) is 73.4 cm³/mol. The van der Waals surface area contributed by atoms with Gasteiger partial charge in [-0.1, -0.05) is 25.7 Å². The zero-order valence-corrected chi connectivity index (χ0v) is 12.5. The molecule has 3 heteroatoms. The van der Waals surface area contributed by atoms with Gasteiger partial charge < -0.3 is 8.85 Å². The van der Waals surface area contributed by atoms with Gasteiger partial charge in [0.25, 0.3) is 0 Å². The van der Waals surface area contributed by atoms with Gasteiger partial charge in [0.2, 0.25) is 0 Å². The molecule has 2 aliphatic carbocycles. The van der Waals surface area contributed by atoms with E-state index >= 15 is 0 Å². The summed E-state index contributed by atoms with van der Waals surface area (Å²) in [5, 5.41) is 0. The van der Waals surface area contributed by atoms with Crippen molar-refractivity contribution in [1.82, 2.24) is 0 Å². The van der Waals surface area contributed by atoms with Crippen LogP contribution in [0, 0.1) is 0 Å². The average Bonchev–Trinajstić information content (AvgIpc) is 3.16. The molecule has 0 bridgehead atoms. The number of rotatable bonds is 6. The number of hydrogen-bond donors (Lipinski definition) is 0. The van der Waals surface area contributed by atoms with E-state index in [1.165, 1.54) is 51.4 Å². The van der Waals surface area contributed by atoms with Gasteiger partial charge in [0.1, 0.15) is 0 Å². The highest BCUT2D eigenvalue weighted by Gasteiger charge is 2.56. The zero-order valence-electron chi connectivity index (χ0n) is 11.5. The third-order valence-corrected chi connectivity index (χ3v) is 9.22. The topological polar surface area (TPSA) is 18.5 Å². The van der Waals surface area contributed by atoms with Crippen molar-refractivity contribution >= 4 is 8.56 Å². The number of hydrogen-bond acceptors (Lipinski definition) is 2. The van der Waals surface area contributed by atoms with Crippen LogP contribution in [-0.2, 0) is 8.85 Å². The molecule has 0 N–H and O–H groups in total. The maximum Gasteiger partial charge on any atom is 0.344 e. The summed E-state index contributed by atoms with van der Waals surface area (Å²) < 4.78 is 12.6. The smallest absolute Gasteiger partial charge is 0.344 e. The maximum absolute atomic E-state index is 6.31. The van der Waals surface area contributed by atoms with Crippen LogP contribution in [0.4, 0.5) is 0 Å². The molecule has 0 aromatic rings. The molecule has 2 saturated carbocycles. The van der Waals surface area contributed by atoms with Gasteiger partial charge in [0.05, 0.1) is 0 Å². The lowest BCUT2D eigenvalue weighted by molar-refractivity contribution is 0.166. The van der Waals surface area contributed by atoms with E-state index < -0.39 is 8.56 Å². The summed E-state index contributed by atoms with van der Waals surface area (Å²) in [6, 6.07) is 0. The molecule has 100 valence electrons. The van der Waals surface area contributed by atoms with Gasteiger partial charge in [0, 0.05) is 24.3 Å². The molecule has 0 radical (unpaired) electrons. The van der Waals surface area contributed by atoms with Gasteiger partial charge in [-0.15, -0.1) is 0 Å². The molecule has 0 unspecified atom stereocenters. The Kier molecular flexibility index (Phi) is 5.06. The minimum Gasteiger partial charge on any atom is -0.394 e. The second-order valence-corrected chi connectivity index (χ2v) is 9.20. The van der Waals surface area contributed by atoms with Gasteiger partial charge in [-0.2, -0.15) is 0 Å². The third kappa shape index (κ3) is 3.12. The van der Waals surface area contributed by atoms with Crippen LogP contribution in [0.25, 0.3) is 0 Å². The molecule has 0 aromatic carbocycles. The highest BCUT2D eigenvalue weighted by molar-refractivity contribution is 6.71. The summed E-state index contributed by atoms with van der Waals surface area (Å²) in [4.78, 5) is 0. The molecule has 0 aliphatic heterocycles. The minimum absolute atomic E-state index is 0.775. The first-order valence-corrected chi connectivity index (χ1v) is 9.58. The normalized spacial score (nSPS) is 23.6. The van der Waals surface area contributed by atoms with E-state index in [2.05, 4.69) is 13.8 Å². The molecule has 0 atom stereocenters. The Balaban J connectivity index is 2.10. The summed E-state index contributed by atoms with van der Waals surface area (Å²) >= 11 is 0. The maximum atomic E-state index is 6.31. The Labute approximate surface area is 107 Å². The summed E-state index contributed by atoms with van der Waals surface area (Å²) in [6.45, 7) is 5.97. The molecule has 0 saturated heterocycles. The molecule has 0 aromatic heterocycles. The lowest BCUT2D eigenvalue weighted by atomic mass is 10.2. The van der Waals surface area contributed by atoms with Gasteiger partial charge >= 0.3 is 8.56 Å². The van der Waals surface area contributed by atoms with E-state index in [4.69, 9.17) is 8.85 Å².